The minimum atomic E-state index is -0.753. The summed E-state index contributed by atoms with van der Waals surface area (Å²) in [6.07, 6.45) is 1.31. The van der Waals surface area contributed by atoms with Gasteiger partial charge in [-0.2, -0.15) is 5.10 Å². The van der Waals surface area contributed by atoms with Crippen LogP contribution in [0.1, 0.15) is 38.6 Å². The molecule has 0 aliphatic carbocycles. The molecule has 1 aromatic heterocycles. The topological polar surface area (TPSA) is 68.0 Å². The lowest BCUT2D eigenvalue weighted by Gasteiger charge is -2.18. The van der Waals surface area contributed by atoms with Gasteiger partial charge in [0.1, 0.15) is 5.82 Å². The fraction of sp³-hybridized carbons (Fsp3) is 0.471. The Morgan fingerprint density at radius 3 is 2.55 bits per heavy atom. The average molecular weight is 299 g/mol. The van der Waals surface area contributed by atoms with Crippen molar-refractivity contribution in [2.24, 2.45) is 5.92 Å². The minimum absolute atomic E-state index is 0.119. The molecule has 0 bridgehead atoms. The molecule has 1 aromatic carbocycles. The van der Waals surface area contributed by atoms with Gasteiger partial charge < -0.3 is 5.11 Å². The number of aliphatic carboxylic acids is 1. The molecule has 1 aliphatic heterocycles. The van der Waals surface area contributed by atoms with Crippen molar-refractivity contribution in [3.63, 3.8) is 0 Å². The van der Waals surface area contributed by atoms with Crippen LogP contribution < -0.4 is 0 Å². The molecule has 3 rings (SSSR count). The van der Waals surface area contributed by atoms with E-state index in [2.05, 4.69) is 43.0 Å². The SMILES string of the molecule is CC(C)(C)c1ccc(-c2nc3n(n2)CC(C(=O)O)CC3)cc1. The van der Waals surface area contributed by atoms with Crippen LogP contribution in [-0.4, -0.2) is 25.8 Å². The first kappa shape index (κ1) is 14.8. The van der Waals surface area contributed by atoms with Gasteiger partial charge in [0.05, 0.1) is 12.5 Å². The summed E-state index contributed by atoms with van der Waals surface area (Å²) in [5, 5.41) is 13.6. The summed E-state index contributed by atoms with van der Waals surface area (Å²) in [5.74, 6) is 0.455. The summed E-state index contributed by atoms with van der Waals surface area (Å²) in [6.45, 7) is 6.96. The molecule has 0 amide bonds. The lowest BCUT2D eigenvalue weighted by atomic mass is 9.87. The fourth-order valence-electron chi connectivity index (χ4n) is 2.75. The lowest BCUT2D eigenvalue weighted by Crippen LogP contribution is -2.27. The van der Waals surface area contributed by atoms with Crippen molar-refractivity contribution in [3.05, 3.63) is 35.7 Å². The number of aryl methyl sites for hydroxylation is 1. The fourth-order valence-corrected chi connectivity index (χ4v) is 2.75. The first-order valence-electron chi connectivity index (χ1n) is 7.62. The van der Waals surface area contributed by atoms with E-state index < -0.39 is 5.97 Å². The maximum absolute atomic E-state index is 11.1. The Kier molecular flexibility index (Phi) is 3.51. The van der Waals surface area contributed by atoms with E-state index in [1.807, 2.05) is 12.1 Å². The van der Waals surface area contributed by atoms with Gasteiger partial charge in [-0.1, -0.05) is 45.0 Å². The van der Waals surface area contributed by atoms with Gasteiger partial charge in [0.25, 0.3) is 0 Å². The second kappa shape index (κ2) is 5.23. The van der Waals surface area contributed by atoms with E-state index in [1.54, 1.807) is 4.68 Å². The van der Waals surface area contributed by atoms with Crippen molar-refractivity contribution >= 4 is 5.97 Å². The van der Waals surface area contributed by atoms with Crippen molar-refractivity contribution in [3.8, 4) is 11.4 Å². The second-order valence-electron chi connectivity index (χ2n) is 6.93. The van der Waals surface area contributed by atoms with Gasteiger partial charge in [-0.25, -0.2) is 9.67 Å². The Morgan fingerprint density at radius 1 is 1.27 bits per heavy atom. The van der Waals surface area contributed by atoms with Crippen LogP contribution in [0.4, 0.5) is 0 Å². The molecule has 0 saturated carbocycles. The average Bonchev–Trinajstić information content (AvgIpc) is 2.89. The Hall–Kier alpha value is -2.17. The molecule has 22 heavy (non-hydrogen) atoms. The molecule has 2 aromatic rings. The number of carboxylic acid groups (broad SMARTS) is 1. The van der Waals surface area contributed by atoms with E-state index in [0.717, 1.165) is 11.4 Å². The number of fused-ring (bicyclic) bond motifs is 1. The highest BCUT2D eigenvalue weighted by molar-refractivity contribution is 5.70. The van der Waals surface area contributed by atoms with Gasteiger partial charge in [0.2, 0.25) is 0 Å². The van der Waals surface area contributed by atoms with Crippen LogP contribution in [0, 0.1) is 5.92 Å². The predicted molar refractivity (Wildman–Crippen MR) is 83.6 cm³/mol. The molecule has 0 fully saturated rings. The van der Waals surface area contributed by atoms with Gasteiger partial charge in [-0.05, 0) is 17.4 Å². The molecule has 0 saturated heterocycles. The minimum Gasteiger partial charge on any atom is -0.481 e. The Morgan fingerprint density at radius 2 is 1.95 bits per heavy atom. The zero-order valence-electron chi connectivity index (χ0n) is 13.2. The maximum atomic E-state index is 11.1. The number of rotatable bonds is 2. The van der Waals surface area contributed by atoms with E-state index in [0.29, 0.717) is 25.2 Å². The number of carboxylic acids is 1. The monoisotopic (exact) mass is 299 g/mol. The normalized spacial score (nSPS) is 18.0. The van der Waals surface area contributed by atoms with E-state index in [4.69, 9.17) is 5.11 Å². The first-order valence-corrected chi connectivity index (χ1v) is 7.62. The highest BCUT2D eigenvalue weighted by atomic mass is 16.4. The molecule has 0 radical (unpaired) electrons. The Bertz CT molecular complexity index is 696. The predicted octanol–water partition coefficient (Wildman–Crippen LogP) is 2.89. The number of hydrogen-bond acceptors (Lipinski definition) is 3. The van der Waals surface area contributed by atoms with Gasteiger partial charge in [-0.15, -0.1) is 0 Å². The quantitative estimate of drug-likeness (QED) is 0.926. The lowest BCUT2D eigenvalue weighted by molar-refractivity contribution is -0.142. The number of hydrogen-bond donors (Lipinski definition) is 1. The van der Waals surface area contributed by atoms with Crippen molar-refractivity contribution < 1.29 is 9.90 Å². The van der Waals surface area contributed by atoms with E-state index >= 15 is 0 Å². The Labute approximate surface area is 130 Å². The third-order valence-electron chi connectivity index (χ3n) is 4.22. The maximum Gasteiger partial charge on any atom is 0.308 e. The van der Waals surface area contributed by atoms with Gasteiger partial charge in [-0.3, -0.25) is 4.79 Å². The van der Waals surface area contributed by atoms with Crippen LogP contribution in [0.3, 0.4) is 0 Å². The number of carbonyl (C=O) groups is 1. The molecule has 5 nitrogen and oxygen atoms in total. The van der Waals surface area contributed by atoms with Crippen molar-refractivity contribution in [2.75, 3.05) is 0 Å². The Balaban J connectivity index is 1.87. The van der Waals surface area contributed by atoms with Crippen molar-refractivity contribution in [1.82, 2.24) is 14.8 Å². The van der Waals surface area contributed by atoms with E-state index in [9.17, 15) is 4.79 Å². The summed E-state index contributed by atoms with van der Waals surface area (Å²) in [4.78, 5) is 15.7. The smallest absolute Gasteiger partial charge is 0.308 e. The van der Waals surface area contributed by atoms with Crippen LogP contribution >= 0.6 is 0 Å². The standard InChI is InChI=1S/C17H21N3O2/c1-17(2,3)13-7-4-11(5-8-13)15-18-14-9-6-12(16(21)22)10-20(14)19-15/h4-5,7-8,12H,6,9-10H2,1-3H3,(H,21,22). The van der Waals surface area contributed by atoms with Crippen LogP contribution in [0.5, 0.6) is 0 Å². The number of benzene rings is 1. The second-order valence-corrected chi connectivity index (χ2v) is 6.93. The van der Waals surface area contributed by atoms with Gasteiger partial charge in [0, 0.05) is 12.0 Å². The third-order valence-corrected chi connectivity index (χ3v) is 4.22. The van der Waals surface area contributed by atoms with Crippen LogP contribution in [0.25, 0.3) is 11.4 Å². The highest BCUT2D eigenvalue weighted by Gasteiger charge is 2.26. The molecule has 2 heterocycles. The van der Waals surface area contributed by atoms with Crippen LogP contribution in [0.15, 0.2) is 24.3 Å². The van der Waals surface area contributed by atoms with Crippen molar-refractivity contribution in [2.45, 2.75) is 45.6 Å². The first-order chi connectivity index (χ1) is 10.3. The highest BCUT2D eigenvalue weighted by Crippen LogP contribution is 2.26. The molecular weight excluding hydrogens is 278 g/mol. The molecule has 5 heteroatoms. The zero-order chi connectivity index (χ0) is 15.9. The molecule has 116 valence electrons. The third kappa shape index (κ3) is 2.75. The van der Waals surface area contributed by atoms with Crippen LogP contribution in [-0.2, 0) is 23.2 Å². The molecular formula is C17H21N3O2. The summed E-state index contributed by atoms with van der Waals surface area (Å²) >= 11 is 0. The number of nitrogens with zero attached hydrogens (tertiary/aromatic N) is 3. The van der Waals surface area contributed by atoms with Gasteiger partial charge in [0.15, 0.2) is 5.82 Å². The zero-order valence-corrected chi connectivity index (χ0v) is 13.2. The molecule has 1 unspecified atom stereocenters. The largest absolute Gasteiger partial charge is 0.481 e. The summed E-state index contributed by atoms with van der Waals surface area (Å²) in [5.41, 5.74) is 2.36. The summed E-state index contributed by atoms with van der Waals surface area (Å²) in [6, 6.07) is 8.29. The van der Waals surface area contributed by atoms with Gasteiger partial charge >= 0.3 is 5.97 Å². The number of aromatic nitrogens is 3. The van der Waals surface area contributed by atoms with Crippen molar-refractivity contribution in [1.29, 1.82) is 0 Å². The summed E-state index contributed by atoms with van der Waals surface area (Å²) < 4.78 is 1.75. The van der Waals surface area contributed by atoms with Crippen LogP contribution in [0.2, 0.25) is 0 Å². The molecule has 0 spiro atoms. The summed E-state index contributed by atoms with van der Waals surface area (Å²) in [7, 11) is 0. The molecule has 1 aliphatic rings. The molecule has 1 atom stereocenters. The molecule has 1 N–H and O–H groups in total. The van der Waals surface area contributed by atoms with E-state index in [1.165, 1.54) is 5.56 Å². The van der Waals surface area contributed by atoms with E-state index in [-0.39, 0.29) is 11.3 Å².